The fraction of sp³-hybridized carbons (Fsp3) is 0.667. The molecule has 3 atom stereocenters. The second-order valence-corrected chi connectivity index (χ2v) is 6.00. The van der Waals surface area contributed by atoms with Gasteiger partial charge in [-0.1, -0.05) is 19.9 Å². The highest BCUT2D eigenvalue weighted by Crippen LogP contribution is 2.39. The number of aryl methyl sites for hydroxylation is 1. The molecule has 0 bridgehead atoms. The van der Waals surface area contributed by atoms with Crippen LogP contribution in [0, 0.1) is 24.7 Å². The first kappa shape index (κ1) is 13.5. The van der Waals surface area contributed by atoms with Crippen LogP contribution in [0.2, 0.25) is 0 Å². The molecular formula is C15H25N3. The van der Waals surface area contributed by atoms with Crippen molar-refractivity contribution in [1.82, 2.24) is 10.4 Å². The fourth-order valence-electron chi connectivity index (χ4n) is 3.59. The van der Waals surface area contributed by atoms with E-state index in [-0.39, 0.29) is 6.04 Å². The van der Waals surface area contributed by atoms with Gasteiger partial charge in [0.25, 0.3) is 0 Å². The van der Waals surface area contributed by atoms with E-state index in [0.29, 0.717) is 5.92 Å². The van der Waals surface area contributed by atoms with Crippen molar-refractivity contribution in [2.24, 2.45) is 23.6 Å². The number of hydrogen-bond acceptors (Lipinski definition) is 3. The quantitative estimate of drug-likeness (QED) is 0.638. The van der Waals surface area contributed by atoms with Crippen molar-refractivity contribution in [2.45, 2.75) is 46.1 Å². The van der Waals surface area contributed by atoms with Crippen molar-refractivity contribution >= 4 is 0 Å². The van der Waals surface area contributed by atoms with Crippen LogP contribution >= 0.6 is 0 Å². The van der Waals surface area contributed by atoms with Gasteiger partial charge in [-0.25, -0.2) is 0 Å². The van der Waals surface area contributed by atoms with E-state index in [1.807, 2.05) is 12.3 Å². The summed E-state index contributed by atoms with van der Waals surface area (Å²) in [4.78, 5) is 4.39. The molecule has 18 heavy (non-hydrogen) atoms. The standard InChI is InChI=1S/C15H25N3/c1-10-7-11(2)9-13(8-10)15(18-16)14-5-4-6-17-12(14)3/h4-6,10-11,13,15,18H,7-9,16H2,1-3H3. The first-order valence-electron chi connectivity index (χ1n) is 6.99. The number of hydrogen-bond donors (Lipinski definition) is 2. The van der Waals surface area contributed by atoms with Crippen LogP contribution in [-0.2, 0) is 0 Å². The van der Waals surface area contributed by atoms with Crippen molar-refractivity contribution in [3.8, 4) is 0 Å². The number of pyridine rings is 1. The van der Waals surface area contributed by atoms with Crippen molar-refractivity contribution in [1.29, 1.82) is 0 Å². The van der Waals surface area contributed by atoms with E-state index in [1.54, 1.807) is 0 Å². The molecule has 1 heterocycles. The van der Waals surface area contributed by atoms with Crippen molar-refractivity contribution < 1.29 is 0 Å². The van der Waals surface area contributed by atoms with Gasteiger partial charge in [0.2, 0.25) is 0 Å². The van der Waals surface area contributed by atoms with Gasteiger partial charge in [0.05, 0.1) is 6.04 Å². The Morgan fingerprint density at radius 1 is 1.28 bits per heavy atom. The van der Waals surface area contributed by atoms with Gasteiger partial charge in [-0.2, -0.15) is 0 Å². The van der Waals surface area contributed by atoms with Crippen LogP contribution in [0.25, 0.3) is 0 Å². The Bertz CT molecular complexity index is 381. The summed E-state index contributed by atoms with van der Waals surface area (Å²) >= 11 is 0. The van der Waals surface area contributed by atoms with E-state index < -0.39 is 0 Å². The Morgan fingerprint density at radius 3 is 2.50 bits per heavy atom. The predicted octanol–water partition coefficient (Wildman–Crippen LogP) is 2.97. The molecule has 0 aromatic carbocycles. The van der Waals surface area contributed by atoms with Gasteiger partial charge in [0.1, 0.15) is 0 Å². The molecule has 0 saturated heterocycles. The van der Waals surface area contributed by atoms with Crippen LogP contribution in [0.5, 0.6) is 0 Å². The van der Waals surface area contributed by atoms with Crippen LogP contribution in [-0.4, -0.2) is 4.98 Å². The lowest BCUT2D eigenvalue weighted by atomic mass is 9.72. The molecule has 0 radical (unpaired) electrons. The van der Waals surface area contributed by atoms with Gasteiger partial charge >= 0.3 is 0 Å². The lowest BCUT2D eigenvalue weighted by Crippen LogP contribution is -2.37. The summed E-state index contributed by atoms with van der Waals surface area (Å²) in [5.74, 6) is 8.04. The minimum absolute atomic E-state index is 0.240. The first-order valence-corrected chi connectivity index (χ1v) is 6.99. The smallest absolute Gasteiger partial charge is 0.0506 e. The molecule has 0 aliphatic heterocycles. The van der Waals surface area contributed by atoms with E-state index >= 15 is 0 Å². The molecule has 100 valence electrons. The zero-order chi connectivity index (χ0) is 13.1. The summed E-state index contributed by atoms with van der Waals surface area (Å²) in [6.07, 6.45) is 5.71. The zero-order valence-corrected chi connectivity index (χ0v) is 11.7. The predicted molar refractivity (Wildman–Crippen MR) is 74.7 cm³/mol. The summed E-state index contributed by atoms with van der Waals surface area (Å²) in [6, 6.07) is 4.39. The van der Waals surface area contributed by atoms with Gasteiger partial charge in [0.15, 0.2) is 0 Å². The van der Waals surface area contributed by atoms with E-state index in [1.165, 1.54) is 24.8 Å². The maximum Gasteiger partial charge on any atom is 0.0506 e. The highest BCUT2D eigenvalue weighted by Gasteiger charge is 2.31. The van der Waals surface area contributed by atoms with E-state index in [0.717, 1.165) is 17.5 Å². The molecule has 3 nitrogen and oxygen atoms in total. The van der Waals surface area contributed by atoms with Gasteiger partial charge in [-0.3, -0.25) is 16.3 Å². The van der Waals surface area contributed by atoms with Crippen LogP contribution in [0.15, 0.2) is 18.3 Å². The Balaban J connectivity index is 2.20. The largest absolute Gasteiger partial charge is 0.271 e. The SMILES string of the molecule is Cc1ncccc1C(NN)C1CC(C)CC(C)C1. The lowest BCUT2D eigenvalue weighted by molar-refractivity contribution is 0.176. The van der Waals surface area contributed by atoms with Crippen LogP contribution in [0.1, 0.15) is 50.4 Å². The molecule has 0 spiro atoms. The average Bonchev–Trinajstić information content (AvgIpc) is 2.31. The van der Waals surface area contributed by atoms with Crippen molar-refractivity contribution in [2.75, 3.05) is 0 Å². The molecule has 3 heteroatoms. The van der Waals surface area contributed by atoms with Gasteiger partial charge in [-0.05, 0) is 55.6 Å². The molecule has 1 aliphatic carbocycles. The topological polar surface area (TPSA) is 50.9 Å². The first-order chi connectivity index (χ1) is 8.61. The van der Waals surface area contributed by atoms with Gasteiger partial charge < -0.3 is 0 Å². The molecule has 1 aliphatic rings. The Morgan fingerprint density at radius 2 is 1.94 bits per heavy atom. The molecule has 1 aromatic rings. The lowest BCUT2D eigenvalue weighted by Gasteiger charge is -2.36. The van der Waals surface area contributed by atoms with E-state index in [9.17, 15) is 0 Å². The summed E-state index contributed by atoms with van der Waals surface area (Å²) in [7, 11) is 0. The number of nitrogens with two attached hydrogens (primary N) is 1. The van der Waals surface area contributed by atoms with Crippen LogP contribution in [0.3, 0.4) is 0 Å². The van der Waals surface area contributed by atoms with Crippen LogP contribution < -0.4 is 11.3 Å². The second-order valence-electron chi connectivity index (χ2n) is 6.00. The average molecular weight is 247 g/mol. The molecule has 3 unspecified atom stereocenters. The van der Waals surface area contributed by atoms with Gasteiger partial charge in [0, 0.05) is 11.9 Å². The molecule has 2 rings (SSSR count). The number of rotatable bonds is 3. The van der Waals surface area contributed by atoms with Crippen molar-refractivity contribution in [3.63, 3.8) is 0 Å². The zero-order valence-electron chi connectivity index (χ0n) is 11.7. The molecule has 3 N–H and O–H groups in total. The fourth-order valence-corrected chi connectivity index (χ4v) is 3.59. The molecule has 0 amide bonds. The summed E-state index contributed by atoms with van der Waals surface area (Å²) in [6.45, 7) is 6.77. The highest BCUT2D eigenvalue weighted by molar-refractivity contribution is 5.23. The monoisotopic (exact) mass is 247 g/mol. The molecular weight excluding hydrogens is 222 g/mol. The molecule has 1 fully saturated rings. The molecule has 1 aromatic heterocycles. The van der Waals surface area contributed by atoms with Gasteiger partial charge in [-0.15, -0.1) is 0 Å². The normalized spacial score (nSPS) is 30.1. The number of nitrogens with one attached hydrogen (secondary N) is 1. The third-order valence-corrected chi connectivity index (χ3v) is 4.25. The minimum Gasteiger partial charge on any atom is -0.271 e. The third kappa shape index (κ3) is 2.90. The number of aromatic nitrogens is 1. The van der Waals surface area contributed by atoms with Crippen LogP contribution in [0.4, 0.5) is 0 Å². The second kappa shape index (κ2) is 5.81. The Kier molecular flexibility index (Phi) is 4.36. The Labute approximate surface area is 110 Å². The Hall–Kier alpha value is -0.930. The van der Waals surface area contributed by atoms with E-state index in [2.05, 4.69) is 37.2 Å². The maximum atomic E-state index is 5.82. The number of hydrazine groups is 1. The molecule has 1 saturated carbocycles. The summed E-state index contributed by atoms with van der Waals surface area (Å²) in [5, 5.41) is 0. The number of nitrogens with zero attached hydrogens (tertiary/aromatic N) is 1. The summed E-state index contributed by atoms with van der Waals surface area (Å²) in [5.41, 5.74) is 5.38. The third-order valence-electron chi connectivity index (χ3n) is 4.25. The summed E-state index contributed by atoms with van der Waals surface area (Å²) < 4.78 is 0. The van der Waals surface area contributed by atoms with Crippen molar-refractivity contribution in [3.05, 3.63) is 29.6 Å². The maximum absolute atomic E-state index is 5.82. The highest BCUT2D eigenvalue weighted by atomic mass is 15.2. The minimum atomic E-state index is 0.240. The van der Waals surface area contributed by atoms with E-state index in [4.69, 9.17) is 5.84 Å².